The maximum atomic E-state index is 13.1. The fraction of sp³-hybridized carbons (Fsp3) is 0.345. The number of amides is 1. The summed E-state index contributed by atoms with van der Waals surface area (Å²) in [6.45, 7) is 6.86. The van der Waals surface area contributed by atoms with Gasteiger partial charge in [-0.2, -0.15) is 0 Å². The minimum absolute atomic E-state index is 0.00633. The lowest BCUT2D eigenvalue weighted by Gasteiger charge is -2.38. The fourth-order valence-corrected chi connectivity index (χ4v) is 4.81. The Balaban J connectivity index is 1.37. The predicted octanol–water partition coefficient (Wildman–Crippen LogP) is 5.33. The van der Waals surface area contributed by atoms with Crippen LogP contribution in [0.4, 0.5) is 0 Å². The van der Waals surface area contributed by atoms with E-state index in [1.54, 1.807) is 0 Å². The van der Waals surface area contributed by atoms with Gasteiger partial charge in [0.25, 0.3) is 5.91 Å². The minimum atomic E-state index is 0.00633. The number of carbonyl (C=O) groups excluding carboxylic acids is 1. The summed E-state index contributed by atoms with van der Waals surface area (Å²) >= 11 is 0. The molecule has 1 spiro atoms. The maximum Gasteiger partial charge on any atom is 0.253 e. The number of rotatable bonds is 6. The molecule has 1 saturated heterocycles. The highest BCUT2D eigenvalue weighted by Crippen LogP contribution is 2.46. The van der Waals surface area contributed by atoms with Gasteiger partial charge in [-0.1, -0.05) is 60.2 Å². The smallest absolute Gasteiger partial charge is 0.253 e. The van der Waals surface area contributed by atoms with Gasteiger partial charge >= 0.3 is 0 Å². The van der Waals surface area contributed by atoms with Gasteiger partial charge in [-0.25, -0.2) is 0 Å². The van der Waals surface area contributed by atoms with Crippen molar-refractivity contribution in [2.75, 3.05) is 19.7 Å². The molecule has 2 aliphatic rings. The lowest BCUT2D eigenvalue weighted by molar-refractivity contribution is 0.0646. The lowest BCUT2D eigenvalue weighted by atomic mass is 9.74. The summed E-state index contributed by atoms with van der Waals surface area (Å²) in [6.07, 6.45) is 13.0. The van der Waals surface area contributed by atoms with Crippen LogP contribution in [0.15, 0.2) is 78.4 Å². The molecule has 33 heavy (non-hydrogen) atoms. The first-order chi connectivity index (χ1) is 16.0. The van der Waals surface area contributed by atoms with Crippen molar-refractivity contribution >= 4 is 5.91 Å². The van der Waals surface area contributed by atoms with E-state index >= 15 is 0 Å². The van der Waals surface area contributed by atoms with E-state index in [0.717, 1.165) is 49.2 Å². The second-order valence-corrected chi connectivity index (χ2v) is 9.19. The first kappa shape index (κ1) is 23.1. The summed E-state index contributed by atoms with van der Waals surface area (Å²) in [7, 11) is 0. The highest BCUT2D eigenvalue weighted by molar-refractivity contribution is 5.94. The number of ether oxygens (including phenoxy) is 1. The summed E-state index contributed by atoms with van der Waals surface area (Å²) in [4.78, 5) is 15.1. The molecule has 4 rings (SSSR count). The first-order valence-electron chi connectivity index (χ1n) is 11.8. The SMILES string of the molecule is C\C=C/C=C\C=C(/C)Cc1ccc(C(=O)N2CCC3(CC2)COc2ccc(CN)cc23)cc1. The molecule has 2 aromatic carbocycles. The number of carbonyl (C=O) groups is 1. The molecule has 4 nitrogen and oxygen atoms in total. The molecule has 0 aliphatic carbocycles. The average Bonchev–Trinajstić information content (AvgIpc) is 3.19. The lowest BCUT2D eigenvalue weighted by Crippen LogP contribution is -2.46. The number of fused-ring (bicyclic) bond motifs is 2. The van der Waals surface area contributed by atoms with Crippen molar-refractivity contribution in [2.45, 2.75) is 45.1 Å². The van der Waals surface area contributed by atoms with E-state index in [1.165, 1.54) is 16.7 Å². The third-order valence-electron chi connectivity index (χ3n) is 6.84. The van der Waals surface area contributed by atoms with Gasteiger partial charge < -0.3 is 15.4 Å². The maximum absolute atomic E-state index is 13.1. The molecule has 0 bridgehead atoms. The zero-order valence-electron chi connectivity index (χ0n) is 19.7. The predicted molar refractivity (Wildman–Crippen MR) is 135 cm³/mol. The molecular formula is C29H34N2O2. The van der Waals surface area contributed by atoms with Crippen LogP contribution < -0.4 is 10.5 Å². The van der Waals surface area contributed by atoms with Crippen LogP contribution in [0.2, 0.25) is 0 Å². The summed E-state index contributed by atoms with van der Waals surface area (Å²) in [5.41, 5.74) is 11.5. The Morgan fingerprint density at radius 3 is 2.48 bits per heavy atom. The third kappa shape index (κ3) is 5.12. The quantitative estimate of drug-likeness (QED) is 0.615. The first-order valence-corrected chi connectivity index (χ1v) is 11.8. The van der Waals surface area contributed by atoms with Crippen LogP contribution in [0, 0.1) is 0 Å². The van der Waals surface area contributed by atoms with Gasteiger partial charge in [0, 0.05) is 36.2 Å². The van der Waals surface area contributed by atoms with Crippen LogP contribution in [-0.4, -0.2) is 30.5 Å². The van der Waals surface area contributed by atoms with E-state index < -0.39 is 0 Å². The molecule has 0 aromatic heterocycles. The number of hydrogen-bond acceptors (Lipinski definition) is 3. The van der Waals surface area contributed by atoms with Crippen LogP contribution in [0.3, 0.4) is 0 Å². The molecule has 1 fully saturated rings. The molecule has 0 radical (unpaired) electrons. The minimum Gasteiger partial charge on any atom is -0.492 e. The zero-order valence-corrected chi connectivity index (χ0v) is 19.7. The topological polar surface area (TPSA) is 55.6 Å². The molecule has 0 unspecified atom stereocenters. The number of likely N-dealkylation sites (tertiary alicyclic amines) is 1. The summed E-state index contributed by atoms with van der Waals surface area (Å²) < 4.78 is 6.00. The Bertz CT molecular complexity index is 1070. The van der Waals surface area contributed by atoms with E-state index in [1.807, 2.05) is 54.3 Å². The van der Waals surface area contributed by atoms with E-state index in [2.05, 4.69) is 37.3 Å². The highest BCUT2D eigenvalue weighted by Gasteiger charge is 2.43. The molecule has 2 heterocycles. The van der Waals surface area contributed by atoms with Crippen LogP contribution in [0.25, 0.3) is 0 Å². The Kier molecular flexibility index (Phi) is 7.14. The van der Waals surface area contributed by atoms with Gasteiger partial charge in [0.2, 0.25) is 0 Å². The number of allylic oxidation sites excluding steroid dienone is 6. The Morgan fingerprint density at radius 1 is 1.06 bits per heavy atom. The fourth-order valence-electron chi connectivity index (χ4n) is 4.81. The molecule has 4 heteroatoms. The standard InChI is InChI=1S/C29H34N2O2/c1-3-4-5-6-7-22(2)18-23-8-11-25(12-9-23)28(32)31-16-14-29(15-17-31)21-33-27-13-10-24(20-30)19-26(27)29/h3-13,19H,14-18,20-21,30H2,1-2H3/b4-3-,6-5-,22-7+. The monoisotopic (exact) mass is 442 g/mol. The van der Waals surface area contributed by atoms with Crippen molar-refractivity contribution in [1.82, 2.24) is 4.90 Å². The van der Waals surface area contributed by atoms with Crippen molar-refractivity contribution in [1.29, 1.82) is 0 Å². The average molecular weight is 443 g/mol. The summed E-state index contributed by atoms with van der Waals surface area (Å²) in [6, 6.07) is 14.4. The normalized spacial score (nSPS) is 17.7. The number of benzene rings is 2. The summed E-state index contributed by atoms with van der Waals surface area (Å²) in [5, 5.41) is 0. The van der Waals surface area contributed by atoms with E-state index in [9.17, 15) is 4.79 Å². The van der Waals surface area contributed by atoms with Crippen molar-refractivity contribution in [3.8, 4) is 5.75 Å². The Hall–Kier alpha value is -3.11. The molecule has 2 aliphatic heterocycles. The van der Waals surface area contributed by atoms with Crippen LogP contribution in [-0.2, 0) is 18.4 Å². The highest BCUT2D eigenvalue weighted by atomic mass is 16.5. The number of piperidine rings is 1. The van der Waals surface area contributed by atoms with Gasteiger partial charge in [-0.15, -0.1) is 0 Å². The molecular weight excluding hydrogens is 408 g/mol. The van der Waals surface area contributed by atoms with Crippen LogP contribution in [0.1, 0.15) is 53.7 Å². The van der Waals surface area contributed by atoms with Gasteiger partial charge in [-0.3, -0.25) is 4.79 Å². The molecule has 2 N–H and O–H groups in total. The number of hydrogen-bond donors (Lipinski definition) is 1. The third-order valence-corrected chi connectivity index (χ3v) is 6.84. The van der Waals surface area contributed by atoms with Gasteiger partial charge in [0.1, 0.15) is 5.75 Å². The van der Waals surface area contributed by atoms with Gasteiger partial charge in [-0.05, 0) is 62.4 Å². The Labute approximate surface area is 197 Å². The van der Waals surface area contributed by atoms with Crippen molar-refractivity contribution < 1.29 is 9.53 Å². The molecule has 2 aromatic rings. The van der Waals surface area contributed by atoms with Crippen molar-refractivity contribution in [3.63, 3.8) is 0 Å². The van der Waals surface area contributed by atoms with Gasteiger partial charge in [0.15, 0.2) is 0 Å². The van der Waals surface area contributed by atoms with Crippen molar-refractivity contribution in [3.05, 3.63) is 101 Å². The number of nitrogens with zero attached hydrogens (tertiary/aromatic N) is 1. The molecule has 0 atom stereocenters. The van der Waals surface area contributed by atoms with Gasteiger partial charge in [0.05, 0.1) is 6.61 Å². The van der Waals surface area contributed by atoms with E-state index in [4.69, 9.17) is 10.5 Å². The van der Waals surface area contributed by atoms with Crippen LogP contribution in [0.5, 0.6) is 5.75 Å². The van der Waals surface area contributed by atoms with Crippen LogP contribution >= 0.6 is 0 Å². The summed E-state index contributed by atoms with van der Waals surface area (Å²) in [5.74, 6) is 1.09. The zero-order chi connectivity index (χ0) is 23.3. The second kappa shape index (κ2) is 10.2. The number of nitrogens with two attached hydrogens (primary N) is 1. The van der Waals surface area contributed by atoms with E-state index in [-0.39, 0.29) is 11.3 Å². The van der Waals surface area contributed by atoms with E-state index in [0.29, 0.717) is 13.2 Å². The second-order valence-electron chi connectivity index (χ2n) is 9.19. The largest absolute Gasteiger partial charge is 0.492 e. The molecule has 1 amide bonds. The Morgan fingerprint density at radius 2 is 1.79 bits per heavy atom. The molecule has 0 saturated carbocycles. The molecule has 172 valence electrons. The van der Waals surface area contributed by atoms with Crippen molar-refractivity contribution in [2.24, 2.45) is 5.73 Å².